The Balaban J connectivity index is 0.00000312. The third kappa shape index (κ3) is 8.00. The Morgan fingerprint density at radius 1 is 1.20 bits per heavy atom. The van der Waals surface area contributed by atoms with Gasteiger partial charge in [-0.3, -0.25) is 19.7 Å². The van der Waals surface area contributed by atoms with Crippen molar-refractivity contribution in [2.24, 2.45) is 4.99 Å². The third-order valence-electron chi connectivity index (χ3n) is 4.16. The summed E-state index contributed by atoms with van der Waals surface area (Å²) in [5.74, 6) is 0.985. The summed E-state index contributed by atoms with van der Waals surface area (Å²) in [6.07, 6.45) is 2.68. The van der Waals surface area contributed by atoms with Crippen LogP contribution in [0.15, 0.2) is 29.4 Å². The summed E-state index contributed by atoms with van der Waals surface area (Å²) in [6, 6.07) is 5.95. The van der Waals surface area contributed by atoms with Crippen LogP contribution in [-0.4, -0.2) is 79.5 Å². The summed E-state index contributed by atoms with van der Waals surface area (Å²) >= 11 is 0. The number of carbonyl (C=O) groups excluding carboxylic acids is 1. The lowest BCUT2D eigenvalue weighted by atomic mass is 10.3. The molecule has 0 aliphatic carbocycles. The van der Waals surface area contributed by atoms with E-state index in [0.717, 1.165) is 63.9 Å². The van der Waals surface area contributed by atoms with Gasteiger partial charge in [0.15, 0.2) is 5.96 Å². The molecule has 1 amide bonds. The number of piperazine rings is 1. The zero-order valence-electron chi connectivity index (χ0n) is 15.1. The third-order valence-corrected chi connectivity index (χ3v) is 4.16. The van der Waals surface area contributed by atoms with Crippen LogP contribution in [0.1, 0.15) is 12.6 Å². The molecule has 7 nitrogen and oxygen atoms in total. The van der Waals surface area contributed by atoms with E-state index >= 15 is 0 Å². The molecule has 0 saturated carbocycles. The fourth-order valence-electron chi connectivity index (χ4n) is 2.69. The number of hydrogen-bond acceptors (Lipinski definition) is 4. The maximum atomic E-state index is 11.3. The van der Waals surface area contributed by atoms with Gasteiger partial charge < -0.3 is 15.5 Å². The van der Waals surface area contributed by atoms with Crippen LogP contribution in [0.5, 0.6) is 0 Å². The molecule has 1 aromatic rings. The highest BCUT2D eigenvalue weighted by molar-refractivity contribution is 14.0. The predicted octanol–water partition coefficient (Wildman–Crippen LogP) is 0.571. The van der Waals surface area contributed by atoms with Crippen LogP contribution < -0.4 is 10.6 Å². The molecular weight excluding hydrogens is 431 g/mol. The second-order valence-electron chi connectivity index (χ2n) is 5.84. The van der Waals surface area contributed by atoms with Crippen molar-refractivity contribution in [1.29, 1.82) is 0 Å². The smallest absolute Gasteiger partial charge is 0.219 e. The van der Waals surface area contributed by atoms with Crippen LogP contribution in [-0.2, 0) is 11.2 Å². The Labute approximate surface area is 167 Å². The average Bonchev–Trinajstić information content (AvgIpc) is 2.61. The maximum Gasteiger partial charge on any atom is 0.219 e. The van der Waals surface area contributed by atoms with Gasteiger partial charge in [0.2, 0.25) is 5.91 Å². The molecule has 0 radical (unpaired) electrons. The topological polar surface area (TPSA) is 72.9 Å². The largest absolute Gasteiger partial charge is 0.356 e. The minimum absolute atomic E-state index is 0. The number of pyridine rings is 1. The number of guanidine groups is 1. The van der Waals surface area contributed by atoms with Crippen molar-refractivity contribution >= 4 is 35.8 Å². The molecule has 2 heterocycles. The lowest BCUT2D eigenvalue weighted by molar-refractivity contribution is -0.130. The predicted molar refractivity (Wildman–Crippen MR) is 111 cm³/mol. The van der Waals surface area contributed by atoms with Gasteiger partial charge in [-0.25, -0.2) is 0 Å². The van der Waals surface area contributed by atoms with Crippen LogP contribution >= 0.6 is 24.0 Å². The maximum absolute atomic E-state index is 11.3. The van der Waals surface area contributed by atoms with E-state index in [0.29, 0.717) is 0 Å². The second kappa shape index (κ2) is 12.0. The van der Waals surface area contributed by atoms with E-state index in [9.17, 15) is 4.79 Å². The first kappa shape index (κ1) is 21.6. The Morgan fingerprint density at radius 3 is 2.52 bits per heavy atom. The molecule has 1 saturated heterocycles. The minimum atomic E-state index is 0. The van der Waals surface area contributed by atoms with Crippen LogP contribution in [0.3, 0.4) is 0 Å². The van der Waals surface area contributed by atoms with E-state index in [2.05, 4.69) is 25.5 Å². The normalized spacial score (nSPS) is 15.4. The summed E-state index contributed by atoms with van der Waals surface area (Å²) in [5, 5.41) is 6.64. The van der Waals surface area contributed by atoms with Gasteiger partial charge >= 0.3 is 0 Å². The van der Waals surface area contributed by atoms with Gasteiger partial charge in [-0.15, -0.1) is 24.0 Å². The fraction of sp³-hybridized carbons (Fsp3) is 0.588. The molecule has 0 aromatic carbocycles. The molecule has 25 heavy (non-hydrogen) atoms. The van der Waals surface area contributed by atoms with Gasteiger partial charge in [-0.2, -0.15) is 0 Å². The highest BCUT2D eigenvalue weighted by Crippen LogP contribution is 2.00. The molecule has 2 rings (SSSR count). The van der Waals surface area contributed by atoms with Gasteiger partial charge in [0.1, 0.15) is 0 Å². The molecule has 0 bridgehead atoms. The van der Waals surface area contributed by atoms with E-state index in [4.69, 9.17) is 0 Å². The first-order chi connectivity index (χ1) is 11.7. The van der Waals surface area contributed by atoms with E-state index in [1.807, 2.05) is 29.3 Å². The highest BCUT2D eigenvalue weighted by atomic mass is 127. The number of hydrogen-bond donors (Lipinski definition) is 2. The second-order valence-corrected chi connectivity index (χ2v) is 5.84. The van der Waals surface area contributed by atoms with Crippen molar-refractivity contribution < 1.29 is 4.79 Å². The first-order valence-electron chi connectivity index (χ1n) is 8.51. The van der Waals surface area contributed by atoms with Crippen LogP contribution in [0.25, 0.3) is 0 Å². The number of aliphatic imine (C=N–C) groups is 1. The molecule has 0 unspecified atom stereocenters. The molecule has 0 spiro atoms. The molecular formula is C17H29IN6O. The van der Waals surface area contributed by atoms with Gasteiger partial charge in [-0.1, -0.05) is 6.07 Å². The number of aromatic nitrogens is 1. The summed E-state index contributed by atoms with van der Waals surface area (Å²) in [5.41, 5.74) is 1.07. The lowest BCUT2D eigenvalue weighted by Gasteiger charge is -2.34. The molecule has 2 N–H and O–H groups in total. The zero-order chi connectivity index (χ0) is 17.2. The van der Waals surface area contributed by atoms with Crippen molar-refractivity contribution in [3.8, 4) is 0 Å². The molecule has 0 atom stereocenters. The van der Waals surface area contributed by atoms with Crippen molar-refractivity contribution in [2.75, 3.05) is 52.9 Å². The van der Waals surface area contributed by atoms with Gasteiger partial charge in [0.05, 0.1) is 0 Å². The molecule has 1 aromatic heterocycles. The SMILES string of the molecule is CN=C(NCCc1ccccn1)NCCN1CCN(C(C)=O)CC1.I. The van der Waals surface area contributed by atoms with Crippen molar-refractivity contribution in [1.82, 2.24) is 25.4 Å². The van der Waals surface area contributed by atoms with Crippen molar-refractivity contribution in [3.63, 3.8) is 0 Å². The standard InChI is InChI=1S/C17H28N6O.HI/c1-15(24)23-13-11-22(12-14-23)10-9-21-17(18-2)20-8-6-16-5-3-4-7-19-16;/h3-5,7H,6,8-14H2,1-2H3,(H2,18,20,21);1H. The summed E-state index contributed by atoms with van der Waals surface area (Å²) < 4.78 is 0. The number of amides is 1. The van der Waals surface area contributed by atoms with Gasteiger partial charge in [-0.05, 0) is 12.1 Å². The average molecular weight is 460 g/mol. The Hall–Kier alpha value is -1.42. The number of carbonyl (C=O) groups is 1. The quantitative estimate of drug-likeness (QED) is 0.369. The lowest BCUT2D eigenvalue weighted by Crippen LogP contribution is -2.50. The van der Waals surface area contributed by atoms with Crippen LogP contribution in [0, 0.1) is 0 Å². The molecule has 140 valence electrons. The van der Waals surface area contributed by atoms with Gasteiger partial charge in [0, 0.05) is 78.1 Å². The zero-order valence-corrected chi connectivity index (χ0v) is 17.4. The minimum Gasteiger partial charge on any atom is -0.356 e. The Kier molecular flexibility index (Phi) is 10.4. The summed E-state index contributed by atoms with van der Waals surface area (Å²) in [7, 11) is 1.78. The first-order valence-corrected chi connectivity index (χ1v) is 8.51. The molecule has 1 fully saturated rings. The van der Waals surface area contributed by atoms with Crippen LogP contribution in [0.4, 0.5) is 0 Å². The van der Waals surface area contributed by atoms with Crippen molar-refractivity contribution in [3.05, 3.63) is 30.1 Å². The monoisotopic (exact) mass is 460 g/mol. The fourth-order valence-corrected chi connectivity index (χ4v) is 2.69. The van der Waals surface area contributed by atoms with Gasteiger partial charge in [0.25, 0.3) is 0 Å². The number of nitrogens with zero attached hydrogens (tertiary/aromatic N) is 4. The molecule has 1 aliphatic heterocycles. The van der Waals surface area contributed by atoms with E-state index in [-0.39, 0.29) is 29.9 Å². The summed E-state index contributed by atoms with van der Waals surface area (Å²) in [4.78, 5) is 24.1. The Bertz CT molecular complexity index is 531. The number of halogens is 1. The molecule has 1 aliphatic rings. The molecule has 8 heteroatoms. The van der Waals surface area contributed by atoms with Crippen molar-refractivity contribution in [2.45, 2.75) is 13.3 Å². The van der Waals surface area contributed by atoms with Crippen LogP contribution in [0.2, 0.25) is 0 Å². The summed E-state index contributed by atoms with van der Waals surface area (Å²) in [6.45, 7) is 7.75. The van der Waals surface area contributed by atoms with E-state index < -0.39 is 0 Å². The Morgan fingerprint density at radius 2 is 1.92 bits per heavy atom. The highest BCUT2D eigenvalue weighted by Gasteiger charge is 2.17. The number of nitrogens with one attached hydrogen (secondary N) is 2. The van der Waals surface area contributed by atoms with E-state index in [1.54, 1.807) is 14.0 Å². The van der Waals surface area contributed by atoms with E-state index in [1.165, 1.54) is 0 Å². The number of rotatable bonds is 6.